The predicted molar refractivity (Wildman–Crippen MR) is 90.4 cm³/mol. The zero-order valence-corrected chi connectivity index (χ0v) is 13.1. The lowest BCUT2D eigenvalue weighted by molar-refractivity contribution is 0.0944. The highest BCUT2D eigenvalue weighted by atomic mass is 35.5. The van der Waals surface area contributed by atoms with E-state index in [0.717, 1.165) is 27.1 Å². The van der Waals surface area contributed by atoms with Crippen LogP contribution in [0.5, 0.6) is 0 Å². The van der Waals surface area contributed by atoms with E-state index >= 15 is 0 Å². The Bertz CT molecular complexity index is 809. The SMILES string of the molecule is CN(CC(=O)c1c[nH]c2ccccc12)Cc1ccccc1Cl. The lowest BCUT2D eigenvalue weighted by Gasteiger charge is -2.16. The highest BCUT2D eigenvalue weighted by molar-refractivity contribution is 6.31. The molecule has 3 nitrogen and oxygen atoms in total. The molecule has 0 radical (unpaired) electrons. The highest BCUT2D eigenvalue weighted by Gasteiger charge is 2.14. The van der Waals surface area contributed by atoms with E-state index in [2.05, 4.69) is 4.98 Å². The fourth-order valence-corrected chi connectivity index (χ4v) is 2.80. The van der Waals surface area contributed by atoms with Gasteiger partial charge in [-0.1, -0.05) is 48.0 Å². The molecule has 1 N–H and O–H groups in total. The Balaban J connectivity index is 1.73. The van der Waals surface area contributed by atoms with Crippen molar-refractivity contribution in [2.45, 2.75) is 6.54 Å². The van der Waals surface area contributed by atoms with E-state index in [1.54, 1.807) is 6.20 Å². The molecule has 3 rings (SSSR count). The average Bonchev–Trinajstić information content (AvgIpc) is 2.93. The van der Waals surface area contributed by atoms with E-state index in [9.17, 15) is 4.79 Å². The van der Waals surface area contributed by atoms with Gasteiger partial charge in [-0.05, 0) is 24.7 Å². The molecule has 0 atom stereocenters. The number of nitrogens with zero attached hydrogens (tertiary/aromatic N) is 1. The van der Waals surface area contributed by atoms with Crippen molar-refractivity contribution in [3.05, 3.63) is 70.9 Å². The Morgan fingerprint density at radius 1 is 1.14 bits per heavy atom. The zero-order chi connectivity index (χ0) is 15.5. The molecular weight excluding hydrogens is 296 g/mol. The normalized spacial score (nSPS) is 11.2. The van der Waals surface area contributed by atoms with Gasteiger partial charge >= 0.3 is 0 Å². The summed E-state index contributed by atoms with van der Waals surface area (Å²) in [6.45, 7) is 1.00. The number of benzene rings is 2. The first-order valence-electron chi connectivity index (χ1n) is 7.16. The molecule has 0 bridgehead atoms. The van der Waals surface area contributed by atoms with Crippen LogP contribution in [0.25, 0.3) is 10.9 Å². The number of likely N-dealkylation sites (N-methyl/N-ethyl adjacent to an activating group) is 1. The number of carbonyl (C=O) groups is 1. The molecule has 0 unspecified atom stereocenters. The molecule has 2 aromatic carbocycles. The second kappa shape index (κ2) is 6.34. The number of halogens is 1. The molecule has 0 aliphatic rings. The van der Waals surface area contributed by atoms with Crippen LogP contribution in [0.4, 0.5) is 0 Å². The standard InChI is InChI=1S/C18H17ClN2O/c1-21(11-13-6-2-4-8-16(13)19)12-18(22)15-10-20-17-9-5-3-7-14(15)17/h2-10,20H,11-12H2,1H3. The maximum atomic E-state index is 12.5. The minimum atomic E-state index is 0.104. The summed E-state index contributed by atoms with van der Waals surface area (Å²) in [5.74, 6) is 0.104. The number of ketones is 1. The van der Waals surface area contributed by atoms with Crippen molar-refractivity contribution in [1.82, 2.24) is 9.88 Å². The highest BCUT2D eigenvalue weighted by Crippen LogP contribution is 2.20. The second-order valence-electron chi connectivity index (χ2n) is 5.43. The lowest BCUT2D eigenvalue weighted by atomic mass is 10.1. The first kappa shape index (κ1) is 14.8. The quantitative estimate of drug-likeness (QED) is 0.719. The van der Waals surface area contributed by atoms with E-state index in [-0.39, 0.29) is 5.78 Å². The van der Waals surface area contributed by atoms with Crippen LogP contribution in [0.3, 0.4) is 0 Å². The maximum Gasteiger partial charge on any atom is 0.178 e. The summed E-state index contributed by atoms with van der Waals surface area (Å²) < 4.78 is 0. The summed E-state index contributed by atoms with van der Waals surface area (Å²) in [4.78, 5) is 17.6. The van der Waals surface area contributed by atoms with Crippen LogP contribution in [-0.2, 0) is 6.54 Å². The molecule has 4 heteroatoms. The van der Waals surface area contributed by atoms with Crippen LogP contribution in [0.15, 0.2) is 54.7 Å². The van der Waals surface area contributed by atoms with Crippen molar-refractivity contribution < 1.29 is 4.79 Å². The van der Waals surface area contributed by atoms with Gasteiger partial charge in [0.2, 0.25) is 0 Å². The Labute approximate surface area is 134 Å². The fourth-order valence-electron chi connectivity index (χ4n) is 2.61. The minimum Gasteiger partial charge on any atom is -0.360 e. The van der Waals surface area contributed by atoms with Gasteiger partial charge in [0, 0.05) is 34.2 Å². The molecule has 0 spiro atoms. The third-order valence-electron chi connectivity index (χ3n) is 3.70. The van der Waals surface area contributed by atoms with Crippen molar-refractivity contribution in [3.63, 3.8) is 0 Å². The van der Waals surface area contributed by atoms with Gasteiger partial charge in [-0.2, -0.15) is 0 Å². The van der Waals surface area contributed by atoms with Crippen molar-refractivity contribution >= 4 is 28.3 Å². The monoisotopic (exact) mass is 312 g/mol. The minimum absolute atomic E-state index is 0.104. The van der Waals surface area contributed by atoms with Crippen LogP contribution in [0.2, 0.25) is 5.02 Å². The number of hydrogen-bond donors (Lipinski definition) is 1. The van der Waals surface area contributed by atoms with Gasteiger partial charge in [0.05, 0.1) is 6.54 Å². The van der Waals surface area contributed by atoms with E-state index in [4.69, 9.17) is 11.6 Å². The number of H-pyrrole nitrogens is 1. The van der Waals surface area contributed by atoms with Gasteiger partial charge in [0.25, 0.3) is 0 Å². The first-order chi connectivity index (χ1) is 10.6. The van der Waals surface area contributed by atoms with Gasteiger partial charge in [0.15, 0.2) is 5.78 Å². The number of hydrogen-bond acceptors (Lipinski definition) is 2. The molecule has 0 amide bonds. The van der Waals surface area contributed by atoms with E-state index in [0.29, 0.717) is 13.1 Å². The van der Waals surface area contributed by atoms with Gasteiger partial charge in [0.1, 0.15) is 0 Å². The summed E-state index contributed by atoms with van der Waals surface area (Å²) >= 11 is 6.17. The molecule has 0 aliphatic carbocycles. The van der Waals surface area contributed by atoms with E-state index in [1.807, 2.05) is 60.5 Å². The number of para-hydroxylation sites is 1. The predicted octanol–water partition coefficient (Wildman–Crippen LogP) is 4.14. The van der Waals surface area contributed by atoms with Crippen LogP contribution in [0, 0.1) is 0 Å². The summed E-state index contributed by atoms with van der Waals surface area (Å²) in [5, 5.41) is 1.70. The summed E-state index contributed by atoms with van der Waals surface area (Å²) in [6, 6.07) is 15.5. The fraction of sp³-hybridized carbons (Fsp3) is 0.167. The van der Waals surface area contributed by atoms with Crippen molar-refractivity contribution in [1.29, 1.82) is 0 Å². The maximum absolute atomic E-state index is 12.5. The molecule has 22 heavy (non-hydrogen) atoms. The molecule has 0 aliphatic heterocycles. The second-order valence-corrected chi connectivity index (χ2v) is 5.84. The molecule has 1 heterocycles. The Hall–Kier alpha value is -2.10. The first-order valence-corrected chi connectivity index (χ1v) is 7.54. The van der Waals surface area contributed by atoms with Gasteiger partial charge in [-0.3, -0.25) is 9.69 Å². The Kier molecular flexibility index (Phi) is 4.27. The lowest BCUT2D eigenvalue weighted by Crippen LogP contribution is -2.25. The van der Waals surface area contributed by atoms with Crippen LogP contribution >= 0.6 is 11.6 Å². The largest absolute Gasteiger partial charge is 0.360 e. The number of aromatic nitrogens is 1. The number of fused-ring (bicyclic) bond motifs is 1. The van der Waals surface area contributed by atoms with Crippen molar-refractivity contribution in [2.75, 3.05) is 13.6 Å². The topological polar surface area (TPSA) is 36.1 Å². The van der Waals surface area contributed by atoms with Crippen molar-refractivity contribution in [3.8, 4) is 0 Å². The summed E-state index contributed by atoms with van der Waals surface area (Å²) in [7, 11) is 1.93. The summed E-state index contributed by atoms with van der Waals surface area (Å²) in [5.41, 5.74) is 2.75. The van der Waals surface area contributed by atoms with Crippen LogP contribution < -0.4 is 0 Å². The van der Waals surface area contributed by atoms with Gasteiger partial charge < -0.3 is 4.98 Å². The van der Waals surface area contributed by atoms with Crippen molar-refractivity contribution in [2.24, 2.45) is 0 Å². The smallest absolute Gasteiger partial charge is 0.178 e. The molecule has 1 aromatic heterocycles. The zero-order valence-electron chi connectivity index (χ0n) is 12.3. The Morgan fingerprint density at radius 3 is 2.68 bits per heavy atom. The Morgan fingerprint density at radius 2 is 1.86 bits per heavy atom. The number of rotatable bonds is 5. The van der Waals surface area contributed by atoms with Gasteiger partial charge in [-0.15, -0.1) is 0 Å². The number of carbonyl (C=O) groups excluding carboxylic acids is 1. The van der Waals surface area contributed by atoms with Gasteiger partial charge in [-0.25, -0.2) is 0 Å². The average molecular weight is 313 g/mol. The van der Waals surface area contributed by atoms with E-state index < -0.39 is 0 Å². The molecule has 0 saturated heterocycles. The molecule has 112 valence electrons. The molecule has 0 saturated carbocycles. The number of nitrogens with one attached hydrogen (secondary N) is 1. The van der Waals surface area contributed by atoms with Crippen LogP contribution in [-0.4, -0.2) is 29.3 Å². The third-order valence-corrected chi connectivity index (χ3v) is 4.07. The van der Waals surface area contributed by atoms with Crippen LogP contribution in [0.1, 0.15) is 15.9 Å². The number of Topliss-reactive ketones (excluding diaryl/α,β-unsaturated/α-hetero) is 1. The molecule has 3 aromatic rings. The molecule has 0 fully saturated rings. The number of aromatic amines is 1. The third kappa shape index (κ3) is 3.06. The van der Waals surface area contributed by atoms with E-state index in [1.165, 1.54) is 0 Å². The summed E-state index contributed by atoms with van der Waals surface area (Å²) in [6.07, 6.45) is 1.79. The molecular formula is C18H17ClN2O.